The van der Waals surface area contributed by atoms with Gasteiger partial charge in [-0.1, -0.05) is 19.4 Å². The Kier molecular flexibility index (Phi) is 4.36. The molecule has 2 aliphatic carbocycles. The molecule has 0 radical (unpaired) electrons. The van der Waals surface area contributed by atoms with Gasteiger partial charge in [0, 0.05) is 35.0 Å². The fourth-order valence-electron chi connectivity index (χ4n) is 4.83. The van der Waals surface area contributed by atoms with Crippen molar-refractivity contribution in [3.63, 3.8) is 0 Å². The minimum absolute atomic E-state index is 0.0477. The van der Waals surface area contributed by atoms with Gasteiger partial charge in [0.05, 0.1) is 5.60 Å². The van der Waals surface area contributed by atoms with Crippen molar-refractivity contribution in [2.75, 3.05) is 0 Å². The fraction of sp³-hybridized carbons (Fsp3) is 0.700. The smallest absolute Gasteiger partial charge is 0.336 e. The van der Waals surface area contributed by atoms with Gasteiger partial charge in [-0.05, 0) is 40.0 Å². The molecule has 6 nitrogen and oxygen atoms in total. The molecule has 1 heterocycles. The van der Waals surface area contributed by atoms with Crippen LogP contribution < -0.4 is 0 Å². The van der Waals surface area contributed by atoms with Crippen LogP contribution in [-0.4, -0.2) is 39.6 Å². The molecule has 26 heavy (non-hydrogen) atoms. The summed E-state index contributed by atoms with van der Waals surface area (Å²) in [5, 5.41) is 22.2. The predicted molar refractivity (Wildman–Crippen MR) is 93.7 cm³/mol. The zero-order valence-electron chi connectivity index (χ0n) is 16.1. The van der Waals surface area contributed by atoms with Crippen LogP contribution in [0.15, 0.2) is 22.8 Å². The molecule has 0 bridgehead atoms. The number of carbonyl (C=O) groups excluding carboxylic acids is 2. The Morgan fingerprint density at radius 3 is 2.62 bits per heavy atom. The van der Waals surface area contributed by atoms with Crippen LogP contribution in [0, 0.1) is 11.3 Å². The Hall–Kier alpha value is -1.66. The molecule has 0 unspecified atom stereocenters. The summed E-state index contributed by atoms with van der Waals surface area (Å²) in [5.74, 6) is -2.78. The largest absolute Gasteiger partial charge is 0.459 e. The number of carbonyl (C=O) groups is 2. The van der Waals surface area contributed by atoms with Crippen LogP contribution in [0.3, 0.4) is 0 Å². The second-order valence-corrected chi connectivity index (χ2v) is 8.60. The van der Waals surface area contributed by atoms with Crippen molar-refractivity contribution in [3.8, 4) is 0 Å². The highest BCUT2D eigenvalue weighted by Gasteiger charge is 2.66. The van der Waals surface area contributed by atoms with Crippen LogP contribution in [0.5, 0.6) is 0 Å². The number of hydrogen-bond donors (Lipinski definition) is 2. The van der Waals surface area contributed by atoms with Gasteiger partial charge < -0.3 is 19.7 Å². The lowest BCUT2D eigenvalue weighted by Gasteiger charge is -2.59. The molecule has 1 aliphatic heterocycles. The maximum absolute atomic E-state index is 12.1. The zero-order valence-corrected chi connectivity index (χ0v) is 16.1. The first-order valence-electron chi connectivity index (χ1n) is 9.16. The van der Waals surface area contributed by atoms with Crippen molar-refractivity contribution in [2.45, 2.75) is 77.8 Å². The number of hydrogen-bond acceptors (Lipinski definition) is 6. The van der Waals surface area contributed by atoms with E-state index >= 15 is 0 Å². The average molecular weight is 364 g/mol. The first kappa shape index (κ1) is 19.1. The Bertz CT molecular complexity index is 718. The molecule has 3 aliphatic rings. The quantitative estimate of drug-likeness (QED) is 0.577. The standard InChI is InChI=1S/C20H28O6/c1-11(2)8-16(21)25-15-6-7-19(23)10-20(24)14(12(3)17(22)26-20)9-18(19,5)13(15)4/h8,13,15,23-24H,6-7,9-10H2,1-5H3/t13-,15-,18+,19-,20+/m0/s1. The normalized spacial score (nSPS) is 41.9. The SMILES string of the molecule is CC(C)=CC(=O)O[C@H]1CC[C@]2(O)C[C@@]3(O)OC(=O)C(C)=C3C[C@]2(C)[C@H]1C. The van der Waals surface area contributed by atoms with Gasteiger partial charge in [0.1, 0.15) is 6.10 Å². The second kappa shape index (κ2) is 5.92. The van der Waals surface area contributed by atoms with Gasteiger partial charge in [-0.25, -0.2) is 9.59 Å². The molecular weight excluding hydrogens is 336 g/mol. The van der Waals surface area contributed by atoms with Crippen molar-refractivity contribution >= 4 is 11.9 Å². The summed E-state index contributed by atoms with van der Waals surface area (Å²) in [6.45, 7) is 9.22. The number of allylic oxidation sites excluding steroid dienone is 1. The Morgan fingerprint density at radius 2 is 2.00 bits per heavy atom. The maximum atomic E-state index is 12.1. The van der Waals surface area contributed by atoms with E-state index in [4.69, 9.17) is 9.47 Å². The summed E-state index contributed by atoms with van der Waals surface area (Å²) in [6, 6.07) is 0. The van der Waals surface area contributed by atoms with Crippen LogP contribution in [-0.2, 0) is 19.1 Å². The Labute approximate surface area is 153 Å². The highest BCUT2D eigenvalue weighted by atomic mass is 16.7. The monoisotopic (exact) mass is 364 g/mol. The molecule has 0 aromatic carbocycles. The fourth-order valence-corrected chi connectivity index (χ4v) is 4.83. The van der Waals surface area contributed by atoms with Crippen molar-refractivity contribution < 1.29 is 29.3 Å². The van der Waals surface area contributed by atoms with Crippen molar-refractivity contribution in [2.24, 2.45) is 11.3 Å². The van der Waals surface area contributed by atoms with E-state index in [-0.39, 0.29) is 24.4 Å². The third-order valence-electron chi connectivity index (χ3n) is 6.71. The summed E-state index contributed by atoms with van der Waals surface area (Å²) < 4.78 is 10.8. The Balaban J connectivity index is 1.91. The molecule has 3 rings (SSSR count). The van der Waals surface area contributed by atoms with Crippen molar-refractivity contribution in [3.05, 3.63) is 22.8 Å². The molecule has 0 aromatic heterocycles. The average Bonchev–Trinajstić information content (AvgIpc) is 2.71. The summed E-state index contributed by atoms with van der Waals surface area (Å²) in [6.07, 6.45) is 2.29. The van der Waals surface area contributed by atoms with E-state index in [1.807, 2.05) is 27.7 Å². The van der Waals surface area contributed by atoms with Gasteiger partial charge in [-0.3, -0.25) is 0 Å². The van der Waals surface area contributed by atoms with E-state index in [0.717, 1.165) is 5.57 Å². The lowest BCUT2D eigenvalue weighted by Crippen LogP contribution is -2.64. The lowest BCUT2D eigenvalue weighted by molar-refractivity contribution is -0.258. The minimum Gasteiger partial charge on any atom is -0.459 e. The molecule has 5 atom stereocenters. The van der Waals surface area contributed by atoms with E-state index in [1.165, 1.54) is 6.08 Å². The minimum atomic E-state index is -1.72. The molecule has 6 heteroatoms. The number of fused-ring (bicyclic) bond motifs is 2. The van der Waals surface area contributed by atoms with Crippen LogP contribution in [0.1, 0.15) is 60.3 Å². The predicted octanol–water partition coefficient (Wildman–Crippen LogP) is 2.39. The molecule has 0 spiro atoms. The zero-order chi connectivity index (χ0) is 19.5. The van der Waals surface area contributed by atoms with Gasteiger partial charge in [0.2, 0.25) is 5.79 Å². The Morgan fingerprint density at radius 1 is 1.35 bits per heavy atom. The molecule has 0 saturated heterocycles. The lowest BCUT2D eigenvalue weighted by atomic mass is 9.50. The summed E-state index contributed by atoms with van der Waals surface area (Å²) >= 11 is 0. The van der Waals surface area contributed by atoms with E-state index in [1.54, 1.807) is 6.92 Å². The van der Waals surface area contributed by atoms with E-state index in [2.05, 4.69) is 0 Å². The summed E-state index contributed by atoms with van der Waals surface area (Å²) in [4.78, 5) is 24.0. The topological polar surface area (TPSA) is 93.1 Å². The van der Waals surface area contributed by atoms with Gasteiger partial charge in [0.25, 0.3) is 0 Å². The van der Waals surface area contributed by atoms with Gasteiger partial charge >= 0.3 is 11.9 Å². The number of rotatable bonds is 2. The molecule has 0 aromatic rings. The first-order valence-corrected chi connectivity index (χ1v) is 9.16. The van der Waals surface area contributed by atoms with Crippen LogP contribution in [0.2, 0.25) is 0 Å². The van der Waals surface area contributed by atoms with E-state index in [9.17, 15) is 19.8 Å². The second-order valence-electron chi connectivity index (χ2n) is 8.60. The van der Waals surface area contributed by atoms with Crippen LogP contribution in [0.4, 0.5) is 0 Å². The van der Waals surface area contributed by atoms with Crippen molar-refractivity contribution in [1.29, 1.82) is 0 Å². The molecule has 2 saturated carbocycles. The van der Waals surface area contributed by atoms with Crippen molar-refractivity contribution in [1.82, 2.24) is 0 Å². The molecule has 2 fully saturated rings. The van der Waals surface area contributed by atoms with Gasteiger partial charge in [-0.2, -0.15) is 0 Å². The van der Waals surface area contributed by atoms with E-state index < -0.39 is 22.8 Å². The molecule has 2 N–H and O–H groups in total. The maximum Gasteiger partial charge on any atom is 0.336 e. The molecular formula is C20H28O6. The highest BCUT2D eigenvalue weighted by Crippen LogP contribution is 2.61. The number of esters is 2. The van der Waals surface area contributed by atoms with Gasteiger partial charge in [0.15, 0.2) is 0 Å². The third kappa shape index (κ3) is 2.70. The van der Waals surface area contributed by atoms with E-state index in [0.29, 0.717) is 30.4 Å². The van der Waals surface area contributed by atoms with Gasteiger partial charge in [-0.15, -0.1) is 0 Å². The van der Waals surface area contributed by atoms with Crippen LogP contribution >= 0.6 is 0 Å². The first-order chi connectivity index (χ1) is 11.9. The number of ether oxygens (including phenoxy) is 2. The number of aliphatic hydroxyl groups is 2. The molecule has 0 amide bonds. The summed E-state index contributed by atoms with van der Waals surface area (Å²) in [5.41, 5.74) is -0.0248. The molecule has 144 valence electrons. The summed E-state index contributed by atoms with van der Waals surface area (Å²) in [7, 11) is 0. The highest BCUT2D eigenvalue weighted by molar-refractivity contribution is 5.92. The van der Waals surface area contributed by atoms with Crippen LogP contribution in [0.25, 0.3) is 0 Å². The third-order valence-corrected chi connectivity index (χ3v) is 6.71.